The van der Waals surface area contributed by atoms with Crippen molar-refractivity contribution in [2.75, 3.05) is 5.73 Å². The lowest BCUT2D eigenvalue weighted by Gasteiger charge is -2.13. The molecule has 0 bridgehead atoms. The Morgan fingerprint density at radius 1 is 1.62 bits per heavy atom. The molecule has 1 fully saturated rings. The Morgan fingerprint density at radius 2 is 2.46 bits per heavy atom. The third-order valence-corrected chi connectivity index (χ3v) is 3.01. The van der Waals surface area contributed by atoms with E-state index in [0.717, 1.165) is 18.4 Å². The minimum Gasteiger partial charge on any atom is -0.367 e. The van der Waals surface area contributed by atoms with Crippen molar-refractivity contribution in [3.05, 3.63) is 6.33 Å². The van der Waals surface area contributed by atoms with Gasteiger partial charge >= 0.3 is 0 Å². The molecule has 4 heteroatoms. The molecule has 13 heavy (non-hydrogen) atoms. The van der Waals surface area contributed by atoms with E-state index < -0.39 is 0 Å². The van der Waals surface area contributed by atoms with Crippen LogP contribution in [0.1, 0.15) is 26.2 Å². The lowest BCUT2D eigenvalue weighted by atomic mass is 9.98. The van der Waals surface area contributed by atoms with E-state index in [4.69, 9.17) is 5.73 Å². The van der Waals surface area contributed by atoms with Crippen LogP contribution in [0.15, 0.2) is 6.33 Å². The summed E-state index contributed by atoms with van der Waals surface area (Å²) in [5, 5.41) is 4.09. The molecular weight excluding hydrogens is 164 g/mol. The van der Waals surface area contributed by atoms with Crippen LogP contribution < -0.4 is 5.73 Å². The lowest BCUT2D eigenvalue weighted by Crippen LogP contribution is -2.13. The maximum Gasteiger partial charge on any atom is 0.239 e. The molecule has 1 aliphatic rings. The van der Waals surface area contributed by atoms with Gasteiger partial charge in [-0.3, -0.25) is 4.68 Å². The first-order valence-corrected chi connectivity index (χ1v) is 4.90. The van der Waals surface area contributed by atoms with Crippen LogP contribution in [0.25, 0.3) is 0 Å². The number of anilines is 1. The molecular formula is C9H16N4. The quantitative estimate of drug-likeness (QED) is 0.746. The van der Waals surface area contributed by atoms with Gasteiger partial charge in [-0.05, 0) is 18.3 Å². The maximum atomic E-state index is 5.44. The Hall–Kier alpha value is -1.06. The molecule has 1 aliphatic carbocycles. The van der Waals surface area contributed by atoms with Gasteiger partial charge in [-0.2, -0.15) is 0 Å². The van der Waals surface area contributed by atoms with E-state index in [-0.39, 0.29) is 0 Å². The summed E-state index contributed by atoms with van der Waals surface area (Å²) < 4.78 is 1.86. The summed E-state index contributed by atoms with van der Waals surface area (Å²) >= 11 is 0. The van der Waals surface area contributed by atoms with Crippen LogP contribution in [-0.4, -0.2) is 14.8 Å². The van der Waals surface area contributed by atoms with Crippen LogP contribution >= 0.6 is 0 Å². The smallest absolute Gasteiger partial charge is 0.239 e. The summed E-state index contributed by atoms with van der Waals surface area (Å²) in [5.41, 5.74) is 5.44. The summed E-state index contributed by atoms with van der Waals surface area (Å²) in [6.45, 7) is 3.29. The Morgan fingerprint density at radius 3 is 3.00 bits per heavy atom. The zero-order chi connectivity index (χ0) is 9.26. The van der Waals surface area contributed by atoms with Gasteiger partial charge in [0.2, 0.25) is 5.95 Å². The van der Waals surface area contributed by atoms with Crippen LogP contribution in [0, 0.1) is 11.8 Å². The number of nitrogens with zero attached hydrogens (tertiary/aromatic N) is 3. The summed E-state index contributed by atoms with van der Waals surface area (Å²) in [6.07, 6.45) is 5.76. The van der Waals surface area contributed by atoms with Crippen LogP contribution in [0.3, 0.4) is 0 Å². The number of nitrogens with two attached hydrogens (primary N) is 1. The second kappa shape index (κ2) is 3.36. The van der Waals surface area contributed by atoms with Crippen molar-refractivity contribution in [1.82, 2.24) is 14.8 Å². The highest BCUT2D eigenvalue weighted by molar-refractivity contribution is 5.09. The Balaban J connectivity index is 1.97. The second-order valence-corrected chi connectivity index (χ2v) is 3.99. The molecule has 1 saturated carbocycles. The average molecular weight is 180 g/mol. The first-order chi connectivity index (χ1) is 6.25. The van der Waals surface area contributed by atoms with E-state index >= 15 is 0 Å². The van der Waals surface area contributed by atoms with Crippen LogP contribution in [0.4, 0.5) is 5.95 Å². The van der Waals surface area contributed by atoms with Crippen LogP contribution in [0.5, 0.6) is 0 Å². The van der Waals surface area contributed by atoms with E-state index in [1.165, 1.54) is 19.3 Å². The van der Waals surface area contributed by atoms with Crippen molar-refractivity contribution >= 4 is 5.95 Å². The summed E-state index contributed by atoms with van der Waals surface area (Å²) in [7, 11) is 0. The Labute approximate surface area is 78.1 Å². The monoisotopic (exact) mass is 180 g/mol. The molecule has 2 rings (SSSR count). The first kappa shape index (κ1) is 8.53. The van der Waals surface area contributed by atoms with Gasteiger partial charge in [0.15, 0.2) is 0 Å². The third kappa shape index (κ3) is 1.82. The highest BCUT2D eigenvalue weighted by atomic mass is 15.4. The normalized spacial score (nSPS) is 28.1. The standard InChI is InChI=1S/C9H16N4/c1-7-3-2-4-8(7)5-13-6-11-9(10)12-13/h6-8H,2-5H2,1H3,(H2,10,12). The van der Waals surface area contributed by atoms with Crippen LogP contribution in [-0.2, 0) is 6.54 Å². The number of hydrogen-bond acceptors (Lipinski definition) is 3. The fourth-order valence-corrected chi connectivity index (χ4v) is 2.13. The third-order valence-electron chi connectivity index (χ3n) is 3.01. The van der Waals surface area contributed by atoms with E-state index in [1.54, 1.807) is 6.33 Å². The molecule has 0 saturated heterocycles. The van der Waals surface area contributed by atoms with Gasteiger partial charge in [0.1, 0.15) is 6.33 Å². The lowest BCUT2D eigenvalue weighted by molar-refractivity contribution is 0.347. The highest BCUT2D eigenvalue weighted by Crippen LogP contribution is 2.31. The predicted molar refractivity (Wildman–Crippen MR) is 50.9 cm³/mol. The van der Waals surface area contributed by atoms with Crippen molar-refractivity contribution in [2.24, 2.45) is 11.8 Å². The van der Waals surface area contributed by atoms with Crippen LogP contribution in [0.2, 0.25) is 0 Å². The van der Waals surface area contributed by atoms with Crippen molar-refractivity contribution in [1.29, 1.82) is 0 Å². The van der Waals surface area contributed by atoms with E-state index in [9.17, 15) is 0 Å². The van der Waals surface area contributed by atoms with E-state index in [1.807, 2.05) is 4.68 Å². The summed E-state index contributed by atoms with van der Waals surface area (Å²) in [6, 6.07) is 0. The molecule has 0 aromatic carbocycles. The molecule has 0 amide bonds. The molecule has 1 aromatic rings. The zero-order valence-electron chi connectivity index (χ0n) is 7.98. The summed E-state index contributed by atoms with van der Waals surface area (Å²) in [4.78, 5) is 3.91. The van der Waals surface area contributed by atoms with Gasteiger partial charge in [-0.25, -0.2) is 4.98 Å². The van der Waals surface area contributed by atoms with Gasteiger partial charge in [-0.15, -0.1) is 5.10 Å². The summed E-state index contributed by atoms with van der Waals surface area (Å²) in [5.74, 6) is 1.97. The molecule has 2 atom stereocenters. The topological polar surface area (TPSA) is 56.7 Å². The second-order valence-electron chi connectivity index (χ2n) is 3.99. The molecule has 0 radical (unpaired) electrons. The largest absolute Gasteiger partial charge is 0.367 e. The molecule has 72 valence electrons. The molecule has 1 aromatic heterocycles. The molecule has 0 aliphatic heterocycles. The number of rotatable bonds is 2. The number of nitrogen functional groups attached to an aromatic ring is 1. The minimum atomic E-state index is 0.380. The molecule has 0 spiro atoms. The fraction of sp³-hybridized carbons (Fsp3) is 0.778. The van der Waals surface area contributed by atoms with Crippen molar-refractivity contribution in [3.8, 4) is 0 Å². The molecule has 1 heterocycles. The van der Waals surface area contributed by atoms with Crippen molar-refractivity contribution < 1.29 is 0 Å². The molecule has 4 nitrogen and oxygen atoms in total. The number of aromatic nitrogens is 3. The van der Waals surface area contributed by atoms with Gasteiger partial charge in [-0.1, -0.05) is 19.8 Å². The van der Waals surface area contributed by atoms with E-state index in [0.29, 0.717) is 5.95 Å². The van der Waals surface area contributed by atoms with Gasteiger partial charge in [0, 0.05) is 6.54 Å². The maximum absolute atomic E-state index is 5.44. The minimum absolute atomic E-state index is 0.380. The zero-order valence-corrected chi connectivity index (χ0v) is 7.98. The van der Waals surface area contributed by atoms with Crippen molar-refractivity contribution in [3.63, 3.8) is 0 Å². The van der Waals surface area contributed by atoms with Gasteiger partial charge in [0.05, 0.1) is 0 Å². The Bertz CT molecular complexity index is 281. The van der Waals surface area contributed by atoms with Gasteiger partial charge < -0.3 is 5.73 Å². The SMILES string of the molecule is CC1CCCC1Cn1cnc(N)n1. The highest BCUT2D eigenvalue weighted by Gasteiger charge is 2.23. The average Bonchev–Trinajstić information content (AvgIpc) is 2.64. The predicted octanol–water partition coefficient (Wildman–Crippen LogP) is 1.30. The van der Waals surface area contributed by atoms with Crippen molar-refractivity contribution in [2.45, 2.75) is 32.7 Å². The number of hydrogen-bond donors (Lipinski definition) is 1. The first-order valence-electron chi connectivity index (χ1n) is 4.90. The Kier molecular flexibility index (Phi) is 2.20. The molecule has 2 unspecified atom stereocenters. The van der Waals surface area contributed by atoms with Gasteiger partial charge in [0.25, 0.3) is 0 Å². The molecule has 2 N–H and O–H groups in total. The fourth-order valence-electron chi connectivity index (χ4n) is 2.13. The van der Waals surface area contributed by atoms with E-state index in [2.05, 4.69) is 17.0 Å².